The van der Waals surface area contributed by atoms with Crippen LogP contribution >= 0.6 is 11.5 Å². The van der Waals surface area contributed by atoms with E-state index in [1.807, 2.05) is 19.2 Å². The van der Waals surface area contributed by atoms with Crippen molar-refractivity contribution in [2.45, 2.75) is 6.92 Å². The summed E-state index contributed by atoms with van der Waals surface area (Å²) in [5.41, 5.74) is 2.02. The smallest absolute Gasteiger partial charge is 0.163 e. The summed E-state index contributed by atoms with van der Waals surface area (Å²) in [5, 5.41) is 3.89. The minimum Gasteiger partial charge on any atom is -0.242 e. The van der Waals surface area contributed by atoms with Crippen LogP contribution in [0.2, 0.25) is 0 Å². The molecule has 0 aliphatic carbocycles. The minimum absolute atomic E-state index is 0.894. The second kappa shape index (κ2) is 1.98. The van der Waals surface area contributed by atoms with Crippen LogP contribution in [0.5, 0.6) is 0 Å². The summed E-state index contributed by atoms with van der Waals surface area (Å²) in [6, 6.07) is 1.98. The van der Waals surface area contributed by atoms with E-state index in [1.54, 1.807) is 0 Å². The van der Waals surface area contributed by atoms with Crippen molar-refractivity contribution >= 4 is 21.9 Å². The van der Waals surface area contributed by atoms with E-state index in [9.17, 15) is 0 Å². The third-order valence-corrected chi connectivity index (χ3v) is 1.90. The lowest BCUT2D eigenvalue weighted by molar-refractivity contribution is 1.19. The zero-order valence-electron chi connectivity index (χ0n) is 5.40. The molecule has 0 saturated heterocycles. The van der Waals surface area contributed by atoms with Crippen molar-refractivity contribution < 1.29 is 0 Å². The molecule has 0 atom stereocenters. The maximum Gasteiger partial charge on any atom is 0.163 e. The van der Waals surface area contributed by atoms with E-state index >= 15 is 0 Å². The number of hydrogen-bond acceptors (Lipinski definition) is 4. The Kier molecular flexibility index (Phi) is 1.14. The molecule has 2 aromatic heterocycles. The van der Waals surface area contributed by atoms with Crippen LogP contribution in [-0.4, -0.2) is 14.6 Å². The Morgan fingerprint density at radius 3 is 3.30 bits per heavy atom. The van der Waals surface area contributed by atoms with Gasteiger partial charge >= 0.3 is 0 Å². The van der Waals surface area contributed by atoms with Crippen molar-refractivity contribution in [1.82, 2.24) is 14.6 Å². The first-order chi connectivity index (χ1) is 4.86. The average molecular weight is 151 g/mol. The van der Waals surface area contributed by atoms with Crippen molar-refractivity contribution in [3.63, 3.8) is 0 Å². The molecule has 2 heterocycles. The van der Waals surface area contributed by atoms with Crippen molar-refractivity contribution in [2.24, 2.45) is 0 Å². The van der Waals surface area contributed by atoms with E-state index < -0.39 is 0 Å². The highest BCUT2D eigenvalue weighted by molar-refractivity contribution is 7.12. The molecule has 0 fully saturated rings. The second-order valence-electron chi connectivity index (χ2n) is 2.11. The van der Waals surface area contributed by atoms with Gasteiger partial charge in [0.1, 0.15) is 5.52 Å². The van der Waals surface area contributed by atoms with Gasteiger partial charge in [0.2, 0.25) is 0 Å². The molecule has 0 spiro atoms. The lowest BCUT2D eigenvalue weighted by Gasteiger charge is -1.86. The molecule has 2 aromatic rings. The summed E-state index contributed by atoms with van der Waals surface area (Å²) in [6.07, 6.45) is 1.82. The summed E-state index contributed by atoms with van der Waals surface area (Å²) in [4.78, 5) is 5.04. The van der Waals surface area contributed by atoms with E-state index in [0.717, 1.165) is 15.9 Å². The predicted octanol–water partition coefficient (Wildman–Crippen LogP) is 1.39. The average Bonchev–Trinajstić information content (AvgIpc) is 2.33. The van der Waals surface area contributed by atoms with Crippen molar-refractivity contribution in [2.75, 3.05) is 0 Å². The van der Waals surface area contributed by atoms with Gasteiger partial charge in [-0.2, -0.15) is 0 Å². The Hall–Kier alpha value is -1.03. The highest BCUT2D eigenvalue weighted by Crippen LogP contribution is 2.12. The Morgan fingerprint density at radius 2 is 2.40 bits per heavy atom. The molecule has 0 radical (unpaired) electrons. The molecule has 4 heteroatoms. The summed E-state index contributed by atoms with van der Waals surface area (Å²) >= 11 is 1.32. The molecule has 0 saturated carbocycles. The van der Waals surface area contributed by atoms with E-state index in [1.165, 1.54) is 11.5 Å². The second-order valence-corrected chi connectivity index (χ2v) is 2.84. The van der Waals surface area contributed by atoms with Crippen molar-refractivity contribution in [1.29, 1.82) is 0 Å². The lowest BCUT2D eigenvalue weighted by atomic mass is 10.3. The van der Waals surface area contributed by atoms with Crippen molar-refractivity contribution in [3.05, 3.63) is 17.8 Å². The highest BCUT2D eigenvalue weighted by Gasteiger charge is 1.96. The van der Waals surface area contributed by atoms with E-state index in [4.69, 9.17) is 0 Å². The standard InChI is InChI=1S/C6H5N3S/c1-4-2-5-6(7-3-4)10-9-8-5/h2-3H,1H3. The number of fused-ring (bicyclic) bond motifs is 1. The quantitative estimate of drug-likeness (QED) is 0.571. The first kappa shape index (κ1) is 5.73. The van der Waals surface area contributed by atoms with Crippen LogP contribution in [0.4, 0.5) is 0 Å². The Bertz CT molecular complexity index is 355. The fourth-order valence-electron chi connectivity index (χ4n) is 0.786. The summed E-state index contributed by atoms with van der Waals surface area (Å²) in [6.45, 7) is 1.99. The van der Waals surface area contributed by atoms with Crippen LogP contribution in [0.15, 0.2) is 12.3 Å². The molecule has 0 aliphatic heterocycles. The largest absolute Gasteiger partial charge is 0.242 e. The van der Waals surface area contributed by atoms with Gasteiger partial charge in [-0.3, -0.25) is 0 Å². The normalized spacial score (nSPS) is 10.5. The number of aromatic nitrogens is 3. The van der Waals surface area contributed by atoms with Gasteiger partial charge in [-0.05, 0) is 18.6 Å². The summed E-state index contributed by atoms with van der Waals surface area (Å²) in [5.74, 6) is 0. The van der Waals surface area contributed by atoms with E-state index in [-0.39, 0.29) is 0 Å². The van der Waals surface area contributed by atoms with Gasteiger partial charge in [0.25, 0.3) is 0 Å². The zero-order chi connectivity index (χ0) is 6.97. The highest BCUT2D eigenvalue weighted by atomic mass is 32.1. The molecular weight excluding hydrogens is 146 g/mol. The molecule has 3 nitrogen and oxygen atoms in total. The molecule has 2 rings (SSSR count). The third-order valence-electron chi connectivity index (χ3n) is 1.24. The number of rotatable bonds is 0. The van der Waals surface area contributed by atoms with Crippen LogP contribution in [0.1, 0.15) is 5.56 Å². The number of nitrogens with zero attached hydrogens (tertiary/aromatic N) is 3. The molecule has 0 amide bonds. The number of aryl methyl sites for hydroxylation is 1. The third kappa shape index (κ3) is 0.769. The maximum atomic E-state index is 4.13. The fraction of sp³-hybridized carbons (Fsp3) is 0.167. The van der Waals surface area contributed by atoms with Gasteiger partial charge in [-0.1, -0.05) is 4.49 Å². The van der Waals surface area contributed by atoms with Crippen LogP contribution in [0.3, 0.4) is 0 Å². The SMILES string of the molecule is Cc1cnc2snnc2c1. The van der Waals surface area contributed by atoms with Crippen LogP contribution in [0.25, 0.3) is 10.3 Å². The molecule has 10 heavy (non-hydrogen) atoms. The molecule has 50 valence electrons. The Labute approximate surface area is 61.9 Å². The molecule has 0 bridgehead atoms. The van der Waals surface area contributed by atoms with Crippen LogP contribution < -0.4 is 0 Å². The maximum absolute atomic E-state index is 4.13. The summed E-state index contributed by atoms with van der Waals surface area (Å²) in [7, 11) is 0. The molecular formula is C6H5N3S. The van der Waals surface area contributed by atoms with Gasteiger partial charge in [0.15, 0.2) is 4.83 Å². The van der Waals surface area contributed by atoms with Gasteiger partial charge < -0.3 is 0 Å². The topological polar surface area (TPSA) is 38.7 Å². The Balaban J connectivity index is 2.86. The minimum atomic E-state index is 0.894. The van der Waals surface area contributed by atoms with Crippen molar-refractivity contribution in [3.8, 4) is 0 Å². The molecule has 0 aliphatic rings. The van der Waals surface area contributed by atoms with Crippen LogP contribution in [-0.2, 0) is 0 Å². The predicted molar refractivity (Wildman–Crippen MR) is 39.9 cm³/mol. The zero-order valence-corrected chi connectivity index (χ0v) is 6.22. The molecule has 0 aromatic carbocycles. The van der Waals surface area contributed by atoms with Gasteiger partial charge in [0.05, 0.1) is 0 Å². The monoisotopic (exact) mass is 151 g/mol. The first-order valence-corrected chi connectivity index (χ1v) is 3.68. The van der Waals surface area contributed by atoms with Gasteiger partial charge in [-0.25, -0.2) is 4.98 Å². The van der Waals surface area contributed by atoms with E-state index in [0.29, 0.717) is 0 Å². The Morgan fingerprint density at radius 1 is 1.50 bits per heavy atom. The number of pyridine rings is 1. The lowest BCUT2D eigenvalue weighted by Crippen LogP contribution is -1.75. The van der Waals surface area contributed by atoms with Crippen LogP contribution in [0, 0.1) is 6.92 Å². The first-order valence-electron chi connectivity index (χ1n) is 2.91. The fourth-order valence-corrected chi connectivity index (χ4v) is 1.29. The number of hydrogen-bond donors (Lipinski definition) is 0. The van der Waals surface area contributed by atoms with Gasteiger partial charge in [-0.15, -0.1) is 5.10 Å². The summed E-state index contributed by atoms with van der Waals surface area (Å²) < 4.78 is 3.77. The van der Waals surface area contributed by atoms with E-state index in [2.05, 4.69) is 14.6 Å². The molecule has 0 unspecified atom stereocenters. The van der Waals surface area contributed by atoms with Gasteiger partial charge in [0, 0.05) is 17.7 Å². The molecule has 0 N–H and O–H groups in total.